The van der Waals surface area contributed by atoms with Gasteiger partial charge in [-0.15, -0.1) is 11.3 Å². The van der Waals surface area contributed by atoms with Crippen molar-refractivity contribution in [3.63, 3.8) is 0 Å². The van der Waals surface area contributed by atoms with Gasteiger partial charge in [-0.2, -0.15) is 0 Å². The van der Waals surface area contributed by atoms with Crippen LogP contribution in [0.2, 0.25) is 0 Å². The average molecular weight is 838 g/mol. The minimum absolute atomic E-state index is 0.179. The zero-order chi connectivity index (χ0) is 46.5. The van der Waals surface area contributed by atoms with E-state index in [4.69, 9.17) is 6.85 Å². The van der Waals surface area contributed by atoms with Crippen molar-refractivity contribution in [2.75, 3.05) is 9.80 Å². The summed E-state index contributed by atoms with van der Waals surface area (Å²) in [6, 6.07) is 74.2. The monoisotopic (exact) mass is 837 g/mol. The summed E-state index contributed by atoms with van der Waals surface area (Å²) in [5.74, 6) is 0. The molecule has 0 bridgehead atoms. The van der Waals surface area contributed by atoms with Gasteiger partial charge in [-0.25, -0.2) is 0 Å². The van der Waals surface area contributed by atoms with E-state index in [1.165, 1.54) is 64.7 Å². The van der Waals surface area contributed by atoms with Crippen molar-refractivity contribution in [3.05, 3.63) is 265 Å². The van der Waals surface area contributed by atoms with Crippen LogP contribution in [0.15, 0.2) is 243 Å². The van der Waals surface area contributed by atoms with Gasteiger partial charge in [0.2, 0.25) is 0 Å². The fourth-order valence-electron chi connectivity index (χ4n) is 10.5. The molecule has 0 radical (unpaired) electrons. The summed E-state index contributed by atoms with van der Waals surface area (Å²) in [7, 11) is 0. The van der Waals surface area contributed by atoms with E-state index in [1.54, 1.807) is 11.3 Å². The van der Waals surface area contributed by atoms with Gasteiger partial charge in [-0.3, -0.25) is 0 Å². The van der Waals surface area contributed by atoms with Crippen LogP contribution in [0.3, 0.4) is 0 Å². The zero-order valence-electron chi connectivity index (χ0n) is 39.5. The van der Waals surface area contributed by atoms with Crippen LogP contribution in [0.5, 0.6) is 0 Å². The van der Waals surface area contributed by atoms with E-state index in [9.17, 15) is 0 Å². The third kappa shape index (κ3) is 5.51. The lowest BCUT2D eigenvalue weighted by atomic mass is 9.70. The van der Waals surface area contributed by atoms with Crippen LogP contribution in [0.25, 0.3) is 53.6 Å². The number of thiophene rings is 1. The Morgan fingerprint density at radius 1 is 0.328 bits per heavy atom. The first-order valence-corrected chi connectivity index (χ1v) is 22.4. The first-order valence-electron chi connectivity index (χ1n) is 24.1. The molecular formula is C61H40N2S. The normalized spacial score (nSPS) is 15.4. The van der Waals surface area contributed by atoms with E-state index in [0.717, 1.165) is 34.1 Å². The minimum Gasteiger partial charge on any atom is -0.310 e. The van der Waals surface area contributed by atoms with Crippen molar-refractivity contribution < 1.29 is 6.85 Å². The number of benzene rings is 10. The third-order valence-corrected chi connectivity index (χ3v) is 14.3. The van der Waals surface area contributed by atoms with Crippen molar-refractivity contribution in [2.45, 2.75) is 5.41 Å². The minimum atomic E-state index is -0.660. The highest BCUT2D eigenvalue weighted by molar-refractivity contribution is 7.25. The molecule has 300 valence electrons. The molecule has 0 saturated carbocycles. The van der Waals surface area contributed by atoms with Gasteiger partial charge in [-0.05, 0) is 141 Å². The quantitative estimate of drug-likeness (QED) is 0.158. The molecular weight excluding hydrogens is 793 g/mol. The van der Waals surface area contributed by atoms with E-state index in [2.05, 4.69) is 198 Å². The number of para-hydroxylation sites is 2. The first kappa shape index (κ1) is 31.8. The summed E-state index contributed by atoms with van der Waals surface area (Å²) in [4.78, 5) is 4.63. The Morgan fingerprint density at radius 2 is 0.781 bits per heavy atom. The van der Waals surface area contributed by atoms with Gasteiger partial charge in [0.15, 0.2) is 0 Å². The second-order valence-corrected chi connectivity index (χ2v) is 17.6. The molecule has 3 heteroatoms. The number of fused-ring (bicyclic) bond motifs is 13. The lowest BCUT2D eigenvalue weighted by molar-refractivity contribution is 0.793. The molecule has 1 atom stereocenters. The van der Waals surface area contributed by atoms with Gasteiger partial charge in [-0.1, -0.05) is 158 Å². The Kier molecular flexibility index (Phi) is 7.23. The highest BCUT2D eigenvalue weighted by atomic mass is 32.1. The topological polar surface area (TPSA) is 6.48 Å². The smallest absolute Gasteiger partial charge is 0.0727 e. The van der Waals surface area contributed by atoms with Crippen molar-refractivity contribution in [3.8, 4) is 33.4 Å². The second kappa shape index (κ2) is 14.6. The van der Waals surface area contributed by atoms with E-state index >= 15 is 0 Å². The Labute approximate surface area is 384 Å². The second-order valence-electron chi connectivity index (χ2n) is 16.5. The summed E-state index contributed by atoms with van der Waals surface area (Å²) < 4.78 is 44.9. The maximum absolute atomic E-state index is 8.76. The molecule has 64 heavy (non-hydrogen) atoms. The summed E-state index contributed by atoms with van der Waals surface area (Å²) in [5, 5.41) is 2.38. The number of hydrogen-bond donors (Lipinski definition) is 0. The van der Waals surface area contributed by atoms with Gasteiger partial charge >= 0.3 is 0 Å². The van der Waals surface area contributed by atoms with Crippen LogP contribution >= 0.6 is 11.3 Å². The Hall–Kier alpha value is -7.98. The third-order valence-electron chi connectivity index (χ3n) is 13.1. The largest absolute Gasteiger partial charge is 0.310 e. The molecule has 13 rings (SSSR count). The zero-order valence-corrected chi connectivity index (χ0v) is 35.3. The van der Waals surface area contributed by atoms with E-state index in [-0.39, 0.29) is 29.7 Å². The van der Waals surface area contributed by atoms with Crippen molar-refractivity contribution in [2.24, 2.45) is 0 Å². The number of nitrogens with zero attached hydrogens (tertiary/aromatic N) is 2. The molecule has 0 aliphatic heterocycles. The molecule has 11 aromatic rings. The molecule has 1 heterocycles. The molecule has 2 aliphatic rings. The lowest BCUT2D eigenvalue weighted by Crippen LogP contribution is -2.26. The van der Waals surface area contributed by atoms with Crippen molar-refractivity contribution in [1.82, 2.24) is 0 Å². The summed E-state index contributed by atoms with van der Waals surface area (Å²) in [6.45, 7) is 0. The summed E-state index contributed by atoms with van der Waals surface area (Å²) in [5.41, 5.74) is 15.8. The summed E-state index contributed by atoms with van der Waals surface area (Å²) >= 11 is 1.79. The Balaban J connectivity index is 1.05. The van der Waals surface area contributed by atoms with Gasteiger partial charge in [0.25, 0.3) is 0 Å². The van der Waals surface area contributed by atoms with Gasteiger partial charge in [0.1, 0.15) is 0 Å². The molecule has 1 unspecified atom stereocenters. The molecule has 10 aromatic carbocycles. The molecule has 0 fully saturated rings. The maximum Gasteiger partial charge on any atom is 0.0727 e. The molecule has 0 N–H and O–H groups in total. The standard InChI is InChI=1S/C61H40N2S/c1-4-16-41(17-5-1)42-28-30-45(31-29-42)63(46-34-37-60-54(38-46)53-24-12-15-27-59(53)64-60)48-33-36-52-50-23-11-14-26-56(50)61(58(52)40-48)55-25-13-10-22-49(55)51-35-32-47(39-57(51)61)62(43-18-6-2-7-19-43)44-20-8-3-9-21-44/h1-40H/i1D,4D,5D,16D,17D. The Bertz CT molecular complexity index is 3790. The van der Waals surface area contributed by atoms with Crippen LogP contribution in [0.4, 0.5) is 34.1 Å². The number of hydrogen-bond acceptors (Lipinski definition) is 3. The predicted octanol–water partition coefficient (Wildman–Crippen LogP) is 17.0. The average Bonchev–Trinajstić information content (AvgIpc) is 4.02. The van der Waals surface area contributed by atoms with Crippen molar-refractivity contribution in [1.29, 1.82) is 0 Å². The van der Waals surface area contributed by atoms with E-state index in [1.807, 2.05) is 24.3 Å². The molecule has 1 spiro atoms. The maximum atomic E-state index is 8.76. The molecule has 2 aliphatic carbocycles. The number of anilines is 6. The Morgan fingerprint density at radius 3 is 1.41 bits per heavy atom. The fraction of sp³-hybridized carbons (Fsp3) is 0.0164. The molecule has 1 aromatic heterocycles. The van der Waals surface area contributed by atoms with Crippen molar-refractivity contribution >= 4 is 65.6 Å². The van der Waals surface area contributed by atoms with Gasteiger partial charge < -0.3 is 9.80 Å². The summed E-state index contributed by atoms with van der Waals surface area (Å²) in [6.07, 6.45) is 0. The first-order chi connectivity index (χ1) is 33.8. The van der Waals surface area contributed by atoms with Gasteiger partial charge in [0.05, 0.1) is 12.3 Å². The molecule has 0 amide bonds. The molecule has 0 saturated heterocycles. The van der Waals surface area contributed by atoms with Crippen LogP contribution in [-0.4, -0.2) is 0 Å². The van der Waals surface area contributed by atoms with Crippen LogP contribution < -0.4 is 9.80 Å². The highest BCUT2D eigenvalue weighted by Crippen LogP contribution is 2.64. The number of rotatable bonds is 7. The predicted molar refractivity (Wildman–Crippen MR) is 270 cm³/mol. The van der Waals surface area contributed by atoms with E-state index in [0.29, 0.717) is 5.56 Å². The SMILES string of the molecule is [2H]c1c([2H])c([2H])c(-c2ccc(N(c3ccc4c(c3)C3(c5ccccc5-c5ccc(N(c6ccccc6)c6ccccc6)cc53)c3ccccc3-4)c3ccc4sc5ccccc5c4c3)cc2)c([2H])c1[2H]. The lowest BCUT2D eigenvalue weighted by Gasteiger charge is -2.33. The van der Waals surface area contributed by atoms with Gasteiger partial charge in [0, 0.05) is 54.3 Å². The van der Waals surface area contributed by atoms with Crippen LogP contribution in [0, 0.1) is 0 Å². The van der Waals surface area contributed by atoms with Crippen LogP contribution in [0.1, 0.15) is 29.1 Å². The van der Waals surface area contributed by atoms with E-state index < -0.39 is 11.5 Å². The highest BCUT2D eigenvalue weighted by Gasteiger charge is 2.52. The fourth-order valence-corrected chi connectivity index (χ4v) is 11.6. The van der Waals surface area contributed by atoms with Crippen LogP contribution in [-0.2, 0) is 5.41 Å². The molecule has 2 nitrogen and oxygen atoms in total.